The number of allylic oxidation sites excluding steroid dienone is 1. The minimum absolute atomic E-state index is 0.0799. The highest BCUT2D eigenvalue weighted by Crippen LogP contribution is 2.48. The predicted molar refractivity (Wildman–Crippen MR) is 107 cm³/mol. The monoisotopic (exact) mass is 371 g/mol. The van der Waals surface area contributed by atoms with Crippen LogP contribution in [-0.2, 0) is 4.74 Å². The molecule has 0 spiro atoms. The Morgan fingerprint density at radius 1 is 1.33 bits per heavy atom. The molecule has 0 saturated heterocycles. The molecule has 3 rings (SSSR count). The molecule has 5 heteroatoms. The van der Waals surface area contributed by atoms with E-state index in [1.165, 1.54) is 0 Å². The van der Waals surface area contributed by atoms with E-state index in [0.29, 0.717) is 30.2 Å². The molecule has 1 aliphatic heterocycles. The van der Waals surface area contributed by atoms with Crippen molar-refractivity contribution >= 4 is 11.5 Å². The van der Waals surface area contributed by atoms with Gasteiger partial charge >= 0.3 is 0 Å². The lowest BCUT2D eigenvalue weighted by atomic mass is 9.71. The number of nitrogens with one attached hydrogen (secondary N) is 1. The minimum Gasteiger partial charge on any atom is -0.493 e. The molecule has 0 radical (unpaired) electrons. The zero-order chi connectivity index (χ0) is 19.6. The molecule has 0 aromatic heterocycles. The Morgan fingerprint density at radius 2 is 2.11 bits per heavy atom. The van der Waals surface area contributed by atoms with Crippen molar-refractivity contribution in [2.75, 3.05) is 32.7 Å². The molecule has 0 amide bonds. The molecule has 1 heterocycles. The molecule has 1 unspecified atom stereocenters. The standard InChI is InChI=1S/C22H29NO4/c1-6-11-27-20-17(26-5)12-14(2)18-19(20)23-13-22(3,21(18)24)15-7-9-16(25-4)10-8-15/h7-9,12,16,23H,6,10-11,13H2,1-5H3/t16?,22-/m1/s1. The van der Waals surface area contributed by atoms with Gasteiger partial charge in [-0.25, -0.2) is 0 Å². The van der Waals surface area contributed by atoms with E-state index in [2.05, 4.69) is 18.3 Å². The van der Waals surface area contributed by atoms with Crippen LogP contribution in [0, 0.1) is 12.3 Å². The van der Waals surface area contributed by atoms with Gasteiger partial charge in [-0.2, -0.15) is 0 Å². The number of rotatable bonds is 6. The summed E-state index contributed by atoms with van der Waals surface area (Å²) >= 11 is 0. The van der Waals surface area contributed by atoms with Crippen LogP contribution in [0.25, 0.3) is 0 Å². The van der Waals surface area contributed by atoms with E-state index in [0.717, 1.165) is 29.7 Å². The van der Waals surface area contributed by atoms with Crippen molar-refractivity contribution in [3.8, 4) is 11.5 Å². The van der Waals surface area contributed by atoms with Crippen LogP contribution in [0.1, 0.15) is 42.6 Å². The molecule has 2 atom stereocenters. The van der Waals surface area contributed by atoms with Crippen LogP contribution in [0.5, 0.6) is 11.5 Å². The van der Waals surface area contributed by atoms with E-state index in [-0.39, 0.29) is 11.9 Å². The van der Waals surface area contributed by atoms with Crippen molar-refractivity contribution in [1.82, 2.24) is 0 Å². The summed E-state index contributed by atoms with van der Waals surface area (Å²) in [5, 5.41) is 3.47. The number of methoxy groups -OCH3 is 2. The van der Waals surface area contributed by atoms with Gasteiger partial charge in [0.1, 0.15) is 0 Å². The molecule has 27 heavy (non-hydrogen) atoms. The van der Waals surface area contributed by atoms with Crippen LogP contribution < -0.4 is 14.8 Å². The summed E-state index contributed by atoms with van der Waals surface area (Å²) in [6.45, 7) is 7.10. The molecule has 1 aromatic carbocycles. The zero-order valence-corrected chi connectivity index (χ0v) is 16.8. The molecule has 146 valence electrons. The Morgan fingerprint density at radius 3 is 2.70 bits per heavy atom. The van der Waals surface area contributed by atoms with Crippen molar-refractivity contribution in [1.29, 1.82) is 0 Å². The van der Waals surface area contributed by atoms with Crippen molar-refractivity contribution in [2.45, 2.75) is 39.7 Å². The average molecular weight is 371 g/mol. The molecule has 5 nitrogen and oxygen atoms in total. The van der Waals surface area contributed by atoms with Gasteiger partial charge in [0.15, 0.2) is 17.3 Å². The van der Waals surface area contributed by atoms with Crippen molar-refractivity contribution < 1.29 is 19.0 Å². The fourth-order valence-corrected chi connectivity index (χ4v) is 3.77. The lowest BCUT2D eigenvalue weighted by Gasteiger charge is -2.38. The summed E-state index contributed by atoms with van der Waals surface area (Å²) in [4.78, 5) is 13.6. The van der Waals surface area contributed by atoms with E-state index in [1.54, 1.807) is 14.2 Å². The van der Waals surface area contributed by atoms with Gasteiger partial charge in [-0.15, -0.1) is 0 Å². The maximum Gasteiger partial charge on any atom is 0.185 e. The van der Waals surface area contributed by atoms with E-state index in [9.17, 15) is 4.79 Å². The van der Waals surface area contributed by atoms with Crippen molar-refractivity contribution in [3.05, 3.63) is 41.0 Å². The molecule has 1 N–H and O–H groups in total. The molecule has 0 fully saturated rings. The highest BCUT2D eigenvalue weighted by Gasteiger charge is 2.43. The van der Waals surface area contributed by atoms with E-state index in [1.807, 2.05) is 32.1 Å². The molecular weight excluding hydrogens is 342 g/mol. The number of aryl methyl sites for hydroxylation is 1. The lowest BCUT2D eigenvalue weighted by molar-refractivity contribution is 0.0862. The maximum absolute atomic E-state index is 13.6. The van der Waals surface area contributed by atoms with Gasteiger partial charge in [0.25, 0.3) is 0 Å². The second kappa shape index (κ2) is 7.77. The third-order valence-electron chi connectivity index (χ3n) is 5.46. The first-order valence-electron chi connectivity index (χ1n) is 9.51. The van der Waals surface area contributed by atoms with Crippen molar-refractivity contribution in [2.24, 2.45) is 5.41 Å². The summed E-state index contributed by atoms with van der Waals surface area (Å²) in [7, 11) is 3.33. The van der Waals surface area contributed by atoms with Gasteiger partial charge < -0.3 is 19.5 Å². The molecule has 2 aliphatic rings. The van der Waals surface area contributed by atoms with Crippen LogP contribution in [0.4, 0.5) is 5.69 Å². The van der Waals surface area contributed by atoms with Gasteiger partial charge in [0.05, 0.1) is 30.9 Å². The van der Waals surface area contributed by atoms with Crippen LogP contribution >= 0.6 is 0 Å². The van der Waals surface area contributed by atoms with E-state index in [4.69, 9.17) is 14.2 Å². The lowest BCUT2D eigenvalue weighted by Crippen LogP contribution is -2.42. The summed E-state index contributed by atoms with van der Waals surface area (Å²) in [5.41, 5.74) is 2.75. The summed E-state index contributed by atoms with van der Waals surface area (Å²) < 4.78 is 16.8. The number of hydrogen-bond acceptors (Lipinski definition) is 5. The average Bonchev–Trinajstić information content (AvgIpc) is 2.69. The number of carbonyl (C=O) groups excluding carboxylic acids is 1. The number of anilines is 1. The van der Waals surface area contributed by atoms with Crippen molar-refractivity contribution in [3.63, 3.8) is 0 Å². The summed E-state index contributed by atoms with van der Waals surface area (Å²) in [6, 6.07) is 1.89. The molecular formula is C22H29NO4. The maximum atomic E-state index is 13.6. The fourth-order valence-electron chi connectivity index (χ4n) is 3.77. The predicted octanol–water partition coefficient (Wildman–Crippen LogP) is 4.31. The Balaban J connectivity index is 2.02. The Kier molecular flexibility index (Phi) is 5.61. The van der Waals surface area contributed by atoms with Crippen LogP contribution in [-0.4, -0.2) is 39.3 Å². The van der Waals surface area contributed by atoms with Gasteiger partial charge in [0, 0.05) is 19.2 Å². The first-order chi connectivity index (χ1) is 13.0. The quantitative estimate of drug-likeness (QED) is 0.808. The number of benzene rings is 1. The SMILES string of the molecule is CCCOc1c(OC)cc(C)c2c1NC[C@](C)(C1=CCC(OC)C=C1)C2=O. The molecule has 0 bridgehead atoms. The first-order valence-corrected chi connectivity index (χ1v) is 9.51. The molecule has 1 aliphatic carbocycles. The van der Waals surface area contributed by atoms with Crippen LogP contribution in [0.2, 0.25) is 0 Å². The Hall–Kier alpha value is -2.27. The smallest absolute Gasteiger partial charge is 0.185 e. The number of ketones is 1. The topological polar surface area (TPSA) is 56.8 Å². The normalized spacial score (nSPS) is 24.1. The fraction of sp³-hybridized carbons (Fsp3) is 0.500. The number of Topliss-reactive ketones (excluding diaryl/α,β-unsaturated/α-hetero) is 1. The number of ether oxygens (including phenoxy) is 3. The summed E-state index contributed by atoms with van der Waals surface area (Å²) in [6.07, 6.45) is 7.92. The number of carbonyl (C=O) groups is 1. The van der Waals surface area contributed by atoms with Crippen LogP contribution in [0.15, 0.2) is 29.9 Å². The molecule has 0 saturated carbocycles. The van der Waals surface area contributed by atoms with E-state index >= 15 is 0 Å². The van der Waals surface area contributed by atoms with Gasteiger partial charge in [0.2, 0.25) is 0 Å². The van der Waals surface area contributed by atoms with Gasteiger partial charge in [-0.3, -0.25) is 4.79 Å². The highest BCUT2D eigenvalue weighted by molar-refractivity contribution is 6.11. The Bertz CT molecular complexity index is 796. The largest absolute Gasteiger partial charge is 0.493 e. The van der Waals surface area contributed by atoms with E-state index < -0.39 is 5.41 Å². The third-order valence-corrected chi connectivity index (χ3v) is 5.46. The first kappa shape index (κ1) is 19.5. The number of fused-ring (bicyclic) bond motifs is 1. The third kappa shape index (κ3) is 3.36. The number of hydrogen-bond donors (Lipinski definition) is 1. The van der Waals surface area contributed by atoms with Crippen LogP contribution in [0.3, 0.4) is 0 Å². The van der Waals surface area contributed by atoms with Gasteiger partial charge in [-0.1, -0.05) is 25.2 Å². The highest BCUT2D eigenvalue weighted by atomic mass is 16.5. The molecule has 1 aromatic rings. The Labute approximate surface area is 161 Å². The summed E-state index contributed by atoms with van der Waals surface area (Å²) in [5.74, 6) is 1.40. The van der Waals surface area contributed by atoms with Gasteiger partial charge in [-0.05, 0) is 43.9 Å². The zero-order valence-electron chi connectivity index (χ0n) is 16.8. The minimum atomic E-state index is -0.621. The second-order valence-corrected chi connectivity index (χ2v) is 7.37. The second-order valence-electron chi connectivity index (χ2n) is 7.37.